The van der Waals surface area contributed by atoms with Gasteiger partial charge in [0.1, 0.15) is 23.8 Å². The number of carbonyl (C=O) groups excluding carboxylic acids is 2. The summed E-state index contributed by atoms with van der Waals surface area (Å²) in [4.78, 5) is 26.9. The molecule has 8 heteroatoms. The van der Waals surface area contributed by atoms with Crippen LogP contribution in [0.2, 0.25) is 0 Å². The molecule has 0 atom stereocenters. The summed E-state index contributed by atoms with van der Waals surface area (Å²) in [7, 11) is 3.03. The first-order valence-corrected chi connectivity index (χ1v) is 8.58. The van der Waals surface area contributed by atoms with E-state index in [1.165, 1.54) is 19.1 Å². The van der Waals surface area contributed by atoms with E-state index < -0.39 is 0 Å². The Bertz CT molecular complexity index is 778. The topological polar surface area (TPSA) is 93.9 Å². The predicted octanol–water partition coefficient (Wildman–Crippen LogP) is 2.74. The monoisotopic (exact) mass is 375 g/mol. The van der Waals surface area contributed by atoms with Crippen molar-refractivity contribution in [3.05, 3.63) is 35.6 Å². The third kappa shape index (κ3) is 5.73. The number of rotatable bonds is 8. The molecule has 0 bridgehead atoms. The van der Waals surface area contributed by atoms with Crippen LogP contribution < -0.4 is 14.8 Å². The summed E-state index contributed by atoms with van der Waals surface area (Å²) in [6.07, 6.45) is 0. The molecule has 0 spiro atoms. The highest BCUT2D eigenvalue weighted by atomic mass is 16.5. The highest BCUT2D eigenvalue weighted by Gasteiger charge is 2.22. The number of amides is 2. The van der Waals surface area contributed by atoms with Gasteiger partial charge in [-0.05, 0) is 25.0 Å². The molecule has 2 rings (SSSR count). The number of nitrogens with zero attached hydrogens (tertiary/aromatic N) is 2. The van der Waals surface area contributed by atoms with Gasteiger partial charge >= 0.3 is 0 Å². The second-order valence-corrected chi connectivity index (χ2v) is 6.55. The number of benzene rings is 1. The van der Waals surface area contributed by atoms with Crippen LogP contribution >= 0.6 is 0 Å². The summed E-state index contributed by atoms with van der Waals surface area (Å²) in [6, 6.07) is 6.54. The fourth-order valence-corrected chi connectivity index (χ4v) is 2.55. The normalized spacial score (nSPS) is 10.6. The zero-order valence-corrected chi connectivity index (χ0v) is 16.2. The molecule has 0 aliphatic heterocycles. The minimum absolute atomic E-state index is 0.109. The summed E-state index contributed by atoms with van der Waals surface area (Å²) < 4.78 is 15.4. The second kappa shape index (κ2) is 9.07. The van der Waals surface area contributed by atoms with Gasteiger partial charge in [0.05, 0.1) is 14.2 Å². The van der Waals surface area contributed by atoms with Crippen molar-refractivity contribution >= 4 is 17.6 Å². The minimum atomic E-state index is -0.354. The smallest absolute Gasteiger partial charge is 0.254 e. The molecule has 0 fully saturated rings. The third-order valence-electron chi connectivity index (χ3n) is 3.70. The van der Waals surface area contributed by atoms with Gasteiger partial charge in [-0.25, -0.2) is 0 Å². The van der Waals surface area contributed by atoms with Crippen molar-refractivity contribution in [1.29, 1.82) is 0 Å². The number of hydrogen-bond donors (Lipinski definition) is 1. The maximum absolute atomic E-state index is 13.0. The first-order valence-electron chi connectivity index (χ1n) is 8.58. The standard InChI is InChI=1S/C19H25N3O5/c1-12(2)10-22(11-18(23)20-17-6-13(3)27-21-17)19(24)14-7-15(25-4)9-16(8-14)26-5/h6-9,12H,10-11H2,1-5H3,(H,20,21,23). The van der Waals surface area contributed by atoms with E-state index in [1.54, 1.807) is 31.2 Å². The average Bonchev–Trinajstić information content (AvgIpc) is 3.04. The third-order valence-corrected chi connectivity index (χ3v) is 3.70. The Morgan fingerprint density at radius 2 is 1.78 bits per heavy atom. The van der Waals surface area contributed by atoms with E-state index in [9.17, 15) is 9.59 Å². The van der Waals surface area contributed by atoms with Crippen molar-refractivity contribution in [3.8, 4) is 11.5 Å². The zero-order valence-electron chi connectivity index (χ0n) is 16.2. The summed E-state index contributed by atoms with van der Waals surface area (Å²) in [5.74, 6) is 1.46. The zero-order chi connectivity index (χ0) is 20.0. The molecule has 2 aromatic rings. The molecule has 1 aromatic heterocycles. The Hall–Kier alpha value is -3.03. The van der Waals surface area contributed by atoms with E-state index in [0.29, 0.717) is 35.2 Å². The van der Waals surface area contributed by atoms with Gasteiger partial charge in [0, 0.05) is 24.2 Å². The number of aromatic nitrogens is 1. The van der Waals surface area contributed by atoms with E-state index >= 15 is 0 Å². The van der Waals surface area contributed by atoms with E-state index in [2.05, 4.69) is 10.5 Å². The first kappa shape index (κ1) is 20.3. The van der Waals surface area contributed by atoms with E-state index in [0.717, 1.165) is 0 Å². The number of hydrogen-bond acceptors (Lipinski definition) is 6. The van der Waals surface area contributed by atoms with Crippen LogP contribution in [0.1, 0.15) is 30.0 Å². The lowest BCUT2D eigenvalue weighted by atomic mass is 10.1. The van der Waals surface area contributed by atoms with Gasteiger partial charge in [-0.2, -0.15) is 0 Å². The summed E-state index contributed by atoms with van der Waals surface area (Å²) in [5.41, 5.74) is 0.386. The molecular weight excluding hydrogens is 350 g/mol. The number of ether oxygens (including phenoxy) is 2. The van der Waals surface area contributed by atoms with Gasteiger partial charge in [0.2, 0.25) is 5.91 Å². The minimum Gasteiger partial charge on any atom is -0.497 e. The molecule has 0 aliphatic rings. The van der Waals surface area contributed by atoms with E-state index in [1.807, 2.05) is 13.8 Å². The summed E-state index contributed by atoms with van der Waals surface area (Å²) in [6.45, 7) is 6.00. The van der Waals surface area contributed by atoms with Crippen LogP contribution in [0.4, 0.5) is 5.82 Å². The van der Waals surface area contributed by atoms with Crippen LogP contribution in [0.15, 0.2) is 28.8 Å². The highest BCUT2D eigenvalue weighted by Crippen LogP contribution is 2.23. The van der Waals surface area contributed by atoms with Crippen molar-refractivity contribution in [2.45, 2.75) is 20.8 Å². The molecule has 1 heterocycles. The molecule has 0 aliphatic carbocycles. The van der Waals surface area contributed by atoms with Gasteiger partial charge in [-0.3, -0.25) is 9.59 Å². The fourth-order valence-electron chi connectivity index (χ4n) is 2.55. The number of nitrogens with one attached hydrogen (secondary N) is 1. The lowest BCUT2D eigenvalue weighted by Gasteiger charge is -2.24. The van der Waals surface area contributed by atoms with Crippen LogP contribution in [0.3, 0.4) is 0 Å². The van der Waals surface area contributed by atoms with Gasteiger partial charge in [-0.1, -0.05) is 19.0 Å². The first-order chi connectivity index (χ1) is 12.8. The highest BCUT2D eigenvalue weighted by molar-refractivity contribution is 5.99. The Morgan fingerprint density at radius 1 is 1.15 bits per heavy atom. The van der Waals surface area contributed by atoms with Crippen molar-refractivity contribution in [2.75, 3.05) is 32.6 Å². The molecule has 2 amide bonds. The lowest BCUT2D eigenvalue weighted by Crippen LogP contribution is -2.40. The van der Waals surface area contributed by atoms with Crippen LogP contribution in [0.25, 0.3) is 0 Å². The maximum Gasteiger partial charge on any atom is 0.254 e. The largest absolute Gasteiger partial charge is 0.497 e. The van der Waals surface area contributed by atoms with Crippen molar-refractivity contribution in [2.24, 2.45) is 5.92 Å². The Balaban J connectivity index is 2.19. The summed E-state index contributed by atoms with van der Waals surface area (Å²) in [5, 5.41) is 6.36. The molecule has 27 heavy (non-hydrogen) atoms. The van der Waals surface area contributed by atoms with Crippen molar-refractivity contribution in [1.82, 2.24) is 10.1 Å². The van der Waals surface area contributed by atoms with Gasteiger partial charge in [0.25, 0.3) is 5.91 Å². The summed E-state index contributed by atoms with van der Waals surface area (Å²) >= 11 is 0. The van der Waals surface area contributed by atoms with Crippen LogP contribution in [-0.2, 0) is 4.79 Å². The predicted molar refractivity (Wildman–Crippen MR) is 100 cm³/mol. The second-order valence-electron chi connectivity index (χ2n) is 6.55. The van der Waals surface area contributed by atoms with Crippen LogP contribution in [0.5, 0.6) is 11.5 Å². The number of aryl methyl sites for hydroxylation is 1. The molecule has 8 nitrogen and oxygen atoms in total. The Kier molecular flexibility index (Phi) is 6.81. The maximum atomic E-state index is 13.0. The molecule has 0 unspecified atom stereocenters. The molecule has 0 radical (unpaired) electrons. The Labute approximate surface area is 158 Å². The van der Waals surface area contributed by atoms with Crippen molar-refractivity contribution in [3.63, 3.8) is 0 Å². The quantitative estimate of drug-likeness (QED) is 0.762. The number of methoxy groups -OCH3 is 2. The Morgan fingerprint density at radius 3 is 2.26 bits per heavy atom. The van der Waals surface area contributed by atoms with Crippen molar-refractivity contribution < 1.29 is 23.6 Å². The number of carbonyl (C=O) groups is 2. The van der Waals surface area contributed by atoms with Gasteiger partial charge in [-0.15, -0.1) is 0 Å². The number of anilines is 1. The van der Waals surface area contributed by atoms with Crippen LogP contribution in [0, 0.1) is 12.8 Å². The SMILES string of the molecule is COc1cc(OC)cc(C(=O)N(CC(=O)Nc2cc(C)on2)CC(C)C)c1. The van der Waals surface area contributed by atoms with E-state index in [-0.39, 0.29) is 24.3 Å². The van der Waals surface area contributed by atoms with E-state index in [4.69, 9.17) is 14.0 Å². The molecule has 1 aromatic carbocycles. The molecule has 1 N–H and O–H groups in total. The lowest BCUT2D eigenvalue weighted by molar-refractivity contribution is -0.117. The van der Waals surface area contributed by atoms with Gasteiger partial charge in [0.15, 0.2) is 5.82 Å². The molecule has 146 valence electrons. The van der Waals surface area contributed by atoms with Crippen LogP contribution in [-0.4, -0.2) is 49.2 Å². The fraction of sp³-hybridized carbons (Fsp3) is 0.421. The average molecular weight is 375 g/mol. The molecular formula is C19H25N3O5. The molecule has 0 saturated carbocycles. The molecule has 0 saturated heterocycles. The van der Waals surface area contributed by atoms with Gasteiger partial charge < -0.3 is 24.2 Å².